The number of hydrogen-bond donors (Lipinski definition) is 1. The van der Waals surface area contributed by atoms with Gasteiger partial charge in [0, 0.05) is 0 Å². The quantitative estimate of drug-likeness (QED) is 0.630. The van der Waals surface area contributed by atoms with Crippen molar-refractivity contribution in [3.63, 3.8) is 0 Å². The van der Waals surface area contributed by atoms with Crippen LogP contribution >= 0.6 is 0 Å². The van der Waals surface area contributed by atoms with E-state index in [1.807, 2.05) is 0 Å². The van der Waals surface area contributed by atoms with Crippen LogP contribution in [0.3, 0.4) is 0 Å². The Balaban J connectivity index is 1.89. The molecule has 0 spiro atoms. The second-order valence-corrected chi connectivity index (χ2v) is 5.23. The van der Waals surface area contributed by atoms with Crippen LogP contribution in [-0.2, 0) is 0 Å². The lowest BCUT2D eigenvalue weighted by Gasteiger charge is -2.20. The standard InChI is InChI=1S/C16H13F4N/c17-11-5-3-10(4-6-11)16(9-1-2-9)21-13-8-7-12(18)14(19)15(13)20/h3-9,16,21H,1-2H2. The SMILES string of the molecule is Fc1ccc(C(Nc2ccc(F)c(F)c2F)C2CC2)cc1. The molecule has 5 heteroatoms. The van der Waals surface area contributed by atoms with Crippen LogP contribution in [0.15, 0.2) is 36.4 Å². The molecule has 1 fully saturated rings. The van der Waals surface area contributed by atoms with E-state index >= 15 is 0 Å². The number of nitrogens with one attached hydrogen (secondary N) is 1. The number of hydrogen-bond acceptors (Lipinski definition) is 1. The van der Waals surface area contributed by atoms with Gasteiger partial charge in [-0.1, -0.05) is 12.1 Å². The van der Waals surface area contributed by atoms with Crippen molar-refractivity contribution in [1.82, 2.24) is 0 Å². The van der Waals surface area contributed by atoms with Gasteiger partial charge in [0.1, 0.15) is 5.82 Å². The summed E-state index contributed by atoms with van der Waals surface area (Å²) in [5.41, 5.74) is 0.707. The molecule has 0 aliphatic heterocycles. The lowest BCUT2D eigenvalue weighted by atomic mass is 10.0. The average molecular weight is 295 g/mol. The first kappa shape index (κ1) is 13.9. The van der Waals surface area contributed by atoms with E-state index in [9.17, 15) is 17.6 Å². The third kappa shape index (κ3) is 2.86. The minimum Gasteiger partial charge on any atom is -0.376 e. The predicted molar refractivity (Wildman–Crippen MR) is 71.8 cm³/mol. The van der Waals surface area contributed by atoms with Crippen LogP contribution in [0.25, 0.3) is 0 Å². The summed E-state index contributed by atoms with van der Waals surface area (Å²) in [6.07, 6.45) is 1.92. The minimum atomic E-state index is -1.49. The second-order valence-electron chi connectivity index (χ2n) is 5.23. The van der Waals surface area contributed by atoms with Crippen LogP contribution in [0.4, 0.5) is 23.2 Å². The summed E-state index contributed by atoms with van der Waals surface area (Å²) in [5, 5.41) is 2.91. The van der Waals surface area contributed by atoms with E-state index in [1.165, 1.54) is 18.2 Å². The summed E-state index contributed by atoms with van der Waals surface area (Å²) in [6, 6.07) is 7.70. The molecule has 1 aliphatic rings. The third-order valence-electron chi connectivity index (χ3n) is 3.67. The first-order valence-electron chi connectivity index (χ1n) is 6.72. The van der Waals surface area contributed by atoms with Crippen LogP contribution in [0.1, 0.15) is 24.4 Å². The van der Waals surface area contributed by atoms with Gasteiger partial charge < -0.3 is 5.32 Å². The molecular weight excluding hydrogens is 282 g/mol. The van der Waals surface area contributed by atoms with E-state index in [0.29, 0.717) is 0 Å². The van der Waals surface area contributed by atoms with Crippen LogP contribution in [0.2, 0.25) is 0 Å². The highest BCUT2D eigenvalue weighted by Crippen LogP contribution is 2.43. The van der Waals surface area contributed by atoms with Gasteiger partial charge in [0.15, 0.2) is 17.5 Å². The normalized spacial score (nSPS) is 15.8. The monoisotopic (exact) mass is 295 g/mol. The molecule has 1 saturated carbocycles. The predicted octanol–water partition coefficient (Wildman–Crippen LogP) is 4.81. The fraction of sp³-hybridized carbons (Fsp3) is 0.250. The molecule has 2 aromatic carbocycles. The van der Waals surface area contributed by atoms with Gasteiger partial charge in [-0.3, -0.25) is 0 Å². The molecule has 2 aromatic rings. The highest BCUT2D eigenvalue weighted by atomic mass is 19.2. The molecule has 0 bridgehead atoms. The first-order chi connectivity index (χ1) is 10.1. The van der Waals surface area contributed by atoms with Gasteiger partial charge in [0.25, 0.3) is 0 Å². The largest absolute Gasteiger partial charge is 0.376 e. The molecule has 1 atom stereocenters. The van der Waals surface area contributed by atoms with E-state index < -0.39 is 17.5 Å². The highest BCUT2D eigenvalue weighted by Gasteiger charge is 2.33. The fourth-order valence-electron chi connectivity index (χ4n) is 2.38. The number of rotatable bonds is 4. The smallest absolute Gasteiger partial charge is 0.196 e. The Morgan fingerprint density at radius 2 is 1.52 bits per heavy atom. The Hall–Kier alpha value is -2.04. The second kappa shape index (κ2) is 5.39. The van der Waals surface area contributed by atoms with Crippen molar-refractivity contribution in [2.45, 2.75) is 18.9 Å². The minimum absolute atomic E-state index is 0.0878. The summed E-state index contributed by atoms with van der Waals surface area (Å²) < 4.78 is 53.0. The Kier molecular flexibility index (Phi) is 3.57. The van der Waals surface area contributed by atoms with Gasteiger partial charge in [-0.25, -0.2) is 17.6 Å². The zero-order chi connectivity index (χ0) is 15.0. The summed E-state index contributed by atoms with van der Waals surface area (Å²) in [7, 11) is 0. The summed E-state index contributed by atoms with van der Waals surface area (Å²) >= 11 is 0. The molecule has 3 rings (SSSR count). The van der Waals surface area contributed by atoms with Crippen LogP contribution in [-0.4, -0.2) is 0 Å². The molecule has 1 nitrogen and oxygen atoms in total. The molecule has 0 saturated heterocycles. The lowest BCUT2D eigenvalue weighted by molar-refractivity contribution is 0.448. The molecular formula is C16H13F4N. The Labute approximate surface area is 119 Å². The van der Waals surface area contributed by atoms with Crippen LogP contribution < -0.4 is 5.32 Å². The molecule has 110 valence electrons. The van der Waals surface area contributed by atoms with E-state index in [1.54, 1.807) is 12.1 Å². The van der Waals surface area contributed by atoms with Crippen LogP contribution in [0.5, 0.6) is 0 Å². The third-order valence-corrected chi connectivity index (χ3v) is 3.67. The van der Waals surface area contributed by atoms with Crippen molar-refractivity contribution in [3.05, 3.63) is 65.2 Å². The van der Waals surface area contributed by atoms with Gasteiger partial charge in [0.05, 0.1) is 11.7 Å². The van der Waals surface area contributed by atoms with Crippen molar-refractivity contribution in [2.75, 3.05) is 5.32 Å². The summed E-state index contributed by atoms with van der Waals surface area (Å²) in [4.78, 5) is 0. The molecule has 21 heavy (non-hydrogen) atoms. The average Bonchev–Trinajstić information content (AvgIpc) is 3.30. The Bertz CT molecular complexity index is 650. The topological polar surface area (TPSA) is 12.0 Å². The van der Waals surface area contributed by atoms with Crippen molar-refractivity contribution >= 4 is 5.69 Å². The van der Waals surface area contributed by atoms with Crippen molar-refractivity contribution < 1.29 is 17.6 Å². The molecule has 1 unspecified atom stereocenters. The van der Waals surface area contributed by atoms with Crippen molar-refractivity contribution in [2.24, 2.45) is 5.92 Å². The molecule has 0 radical (unpaired) electrons. The fourth-order valence-corrected chi connectivity index (χ4v) is 2.38. The Morgan fingerprint density at radius 1 is 0.857 bits per heavy atom. The van der Waals surface area contributed by atoms with Crippen molar-refractivity contribution in [3.8, 4) is 0 Å². The zero-order valence-electron chi connectivity index (χ0n) is 11.0. The van der Waals surface area contributed by atoms with Crippen molar-refractivity contribution in [1.29, 1.82) is 0 Å². The Morgan fingerprint density at radius 3 is 2.14 bits per heavy atom. The highest BCUT2D eigenvalue weighted by molar-refractivity contribution is 5.48. The maximum Gasteiger partial charge on any atom is 0.196 e. The maximum absolute atomic E-state index is 13.7. The molecule has 0 amide bonds. The summed E-state index contributed by atoms with van der Waals surface area (Å²) in [5.74, 6) is -4.02. The lowest BCUT2D eigenvalue weighted by Crippen LogP contribution is -2.14. The van der Waals surface area contributed by atoms with Gasteiger partial charge in [-0.15, -0.1) is 0 Å². The van der Waals surface area contributed by atoms with Crippen LogP contribution in [0, 0.1) is 29.2 Å². The molecule has 0 heterocycles. The number of halogens is 4. The first-order valence-corrected chi connectivity index (χ1v) is 6.72. The van der Waals surface area contributed by atoms with E-state index in [-0.39, 0.29) is 23.5 Å². The number of anilines is 1. The van der Waals surface area contributed by atoms with Gasteiger partial charge in [-0.2, -0.15) is 0 Å². The molecule has 1 aliphatic carbocycles. The van der Waals surface area contributed by atoms with Gasteiger partial charge >= 0.3 is 0 Å². The molecule has 0 aromatic heterocycles. The molecule has 1 N–H and O–H groups in total. The summed E-state index contributed by atoms with van der Waals surface area (Å²) in [6.45, 7) is 0. The maximum atomic E-state index is 13.7. The van der Waals surface area contributed by atoms with E-state index in [0.717, 1.165) is 24.5 Å². The number of benzene rings is 2. The van der Waals surface area contributed by atoms with E-state index in [4.69, 9.17) is 0 Å². The van der Waals surface area contributed by atoms with E-state index in [2.05, 4.69) is 5.32 Å². The van der Waals surface area contributed by atoms with Gasteiger partial charge in [-0.05, 0) is 48.6 Å². The van der Waals surface area contributed by atoms with Gasteiger partial charge in [0.2, 0.25) is 0 Å². The zero-order valence-corrected chi connectivity index (χ0v) is 11.0.